The first-order valence-corrected chi connectivity index (χ1v) is 7.64. The summed E-state index contributed by atoms with van der Waals surface area (Å²) in [5.41, 5.74) is -1.27. The van der Waals surface area contributed by atoms with Gasteiger partial charge in [-0.2, -0.15) is 0 Å². The summed E-state index contributed by atoms with van der Waals surface area (Å²) in [6, 6.07) is 1.61. The Hall–Kier alpha value is -2.31. The molecule has 2 aliphatic heterocycles. The zero-order chi connectivity index (χ0) is 16.8. The summed E-state index contributed by atoms with van der Waals surface area (Å²) >= 11 is 0. The highest BCUT2D eigenvalue weighted by atomic mass is 16.6. The van der Waals surface area contributed by atoms with Crippen molar-refractivity contribution in [2.24, 2.45) is 0 Å². The van der Waals surface area contributed by atoms with Gasteiger partial charge in [-0.05, 0) is 26.8 Å². The molecule has 0 N–H and O–H groups in total. The normalized spacial score (nSPS) is 21.0. The number of carbonyl (C=O) groups excluding carboxylic acids is 3. The van der Waals surface area contributed by atoms with Gasteiger partial charge in [0.25, 0.3) is 11.8 Å². The maximum Gasteiger partial charge on any atom is 0.418 e. The van der Waals surface area contributed by atoms with Gasteiger partial charge < -0.3 is 14.1 Å². The summed E-state index contributed by atoms with van der Waals surface area (Å²) in [5.74, 6) is -0.441. The van der Waals surface area contributed by atoms with Crippen molar-refractivity contribution in [3.05, 3.63) is 24.2 Å². The zero-order valence-corrected chi connectivity index (χ0v) is 13.5. The quantitative estimate of drug-likeness (QED) is 0.791. The number of hydrogen-bond acceptors (Lipinski definition) is 5. The van der Waals surface area contributed by atoms with Crippen LogP contribution in [0, 0.1) is 0 Å². The average Bonchev–Trinajstić information content (AvgIpc) is 3.06. The minimum absolute atomic E-state index is 0.141. The second-order valence-electron chi connectivity index (χ2n) is 6.98. The second kappa shape index (κ2) is 5.11. The lowest BCUT2D eigenvalue weighted by atomic mass is 9.89. The van der Waals surface area contributed by atoms with Crippen molar-refractivity contribution < 1.29 is 23.5 Å². The van der Waals surface area contributed by atoms with E-state index >= 15 is 0 Å². The van der Waals surface area contributed by atoms with Gasteiger partial charge in [-0.1, -0.05) is 0 Å². The Labute approximate surface area is 134 Å². The number of carbonyl (C=O) groups is 3. The number of amides is 3. The van der Waals surface area contributed by atoms with Crippen LogP contribution in [0.15, 0.2) is 23.0 Å². The van der Waals surface area contributed by atoms with Gasteiger partial charge in [-0.25, -0.2) is 9.69 Å². The molecular weight excluding hydrogens is 300 g/mol. The number of piperidine rings is 1. The van der Waals surface area contributed by atoms with Crippen LogP contribution in [0.25, 0.3) is 0 Å². The van der Waals surface area contributed by atoms with E-state index in [1.54, 1.807) is 31.7 Å². The SMILES string of the molecule is CC(C)(C)N1C(=O)OC2(CCN(C(=O)c3ccoc3)CC2)C1=O. The van der Waals surface area contributed by atoms with Crippen molar-refractivity contribution >= 4 is 17.9 Å². The molecule has 2 saturated heterocycles. The third-order valence-electron chi connectivity index (χ3n) is 4.36. The van der Waals surface area contributed by atoms with E-state index in [9.17, 15) is 14.4 Å². The molecule has 1 aromatic heterocycles. The lowest BCUT2D eigenvalue weighted by molar-refractivity contribution is -0.142. The highest BCUT2D eigenvalue weighted by Gasteiger charge is 2.57. The zero-order valence-electron chi connectivity index (χ0n) is 13.5. The van der Waals surface area contributed by atoms with Gasteiger partial charge in [-0.3, -0.25) is 9.59 Å². The number of ether oxygens (including phenoxy) is 1. The van der Waals surface area contributed by atoms with E-state index in [2.05, 4.69) is 0 Å². The standard InChI is InChI=1S/C16H20N2O5/c1-15(2,3)18-13(20)16(23-14(18)21)5-7-17(8-6-16)12(19)11-4-9-22-10-11/h4,9-10H,5-8H2,1-3H3. The van der Waals surface area contributed by atoms with Crippen LogP contribution in [0.1, 0.15) is 44.0 Å². The van der Waals surface area contributed by atoms with E-state index in [1.807, 2.05) is 0 Å². The Kier molecular flexibility index (Phi) is 3.46. The smallest absolute Gasteiger partial charge is 0.418 e. The van der Waals surface area contributed by atoms with E-state index in [0.29, 0.717) is 31.5 Å². The summed E-state index contributed by atoms with van der Waals surface area (Å²) in [7, 11) is 0. The van der Waals surface area contributed by atoms with Crippen LogP contribution in [0.2, 0.25) is 0 Å². The Bertz CT molecular complexity index is 636. The maximum absolute atomic E-state index is 12.7. The van der Waals surface area contributed by atoms with E-state index in [0.717, 1.165) is 0 Å². The van der Waals surface area contributed by atoms with Crippen molar-refractivity contribution in [1.29, 1.82) is 0 Å². The third-order valence-corrected chi connectivity index (χ3v) is 4.36. The van der Waals surface area contributed by atoms with E-state index in [4.69, 9.17) is 9.15 Å². The molecule has 3 rings (SSSR count). The molecule has 0 radical (unpaired) electrons. The highest BCUT2D eigenvalue weighted by molar-refractivity contribution is 6.04. The van der Waals surface area contributed by atoms with Crippen LogP contribution in [0.4, 0.5) is 4.79 Å². The summed E-state index contributed by atoms with van der Waals surface area (Å²) in [6.07, 6.45) is 2.87. The topological polar surface area (TPSA) is 80.1 Å². The third kappa shape index (κ3) is 2.50. The number of rotatable bonds is 1. The molecule has 23 heavy (non-hydrogen) atoms. The summed E-state index contributed by atoms with van der Waals surface area (Å²) < 4.78 is 10.4. The fourth-order valence-corrected chi connectivity index (χ4v) is 3.08. The number of likely N-dealkylation sites (tertiary alicyclic amines) is 1. The van der Waals surface area contributed by atoms with Gasteiger partial charge >= 0.3 is 6.09 Å². The van der Waals surface area contributed by atoms with Gasteiger partial charge in [0.2, 0.25) is 0 Å². The first-order valence-electron chi connectivity index (χ1n) is 7.64. The van der Waals surface area contributed by atoms with Gasteiger partial charge in [0, 0.05) is 31.5 Å². The van der Waals surface area contributed by atoms with Crippen LogP contribution in [-0.2, 0) is 9.53 Å². The van der Waals surface area contributed by atoms with E-state index in [1.165, 1.54) is 17.4 Å². The van der Waals surface area contributed by atoms with Crippen molar-refractivity contribution in [2.75, 3.05) is 13.1 Å². The number of imide groups is 1. The molecule has 1 spiro atoms. The fourth-order valence-electron chi connectivity index (χ4n) is 3.08. The minimum Gasteiger partial charge on any atom is -0.472 e. The molecule has 7 nitrogen and oxygen atoms in total. The molecule has 2 aliphatic rings. The van der Waals surface area contributed by atoms with Crippen molar-refractivity contribution in [2.45, 2.75) is 44.8 Å². The Balaban J connectivity index is 1.73. The summed E-state index contributed by atoms with van der Waals surface area (Å²) in [6.45, 7) is 6.11. The van der Waals surface area contributed by atoms with Crippen LogP contribution < -0.4 is 0 Å². The first kappa shape index (κ1) is 15.6. The molecule has 0 aromatic carbocycles. The largest absolute Gasteiger partial charge is 0.472 e. The molecule has 0 aliphatic carbocycles. The number of nitrogens with zero attached hydrogens (tertiary/aromatic N) is 2. The minimum atomic E-state index is -1.13. The number of hydrogen-bond donors (Lipinski definition) is 0. The molecule has 3 heterocycles. The van der Waals surface area contributed by atoms with E-state index in [-0.39, 0.29) is 11.8 Å². The average molecular weight is 320 g/mol. The molecular formula is C16H20N2O5. The summed E-state index contributed by atoms with van der Waals surface area (Å²) in [5, 5.41) is 0. The molecule has 1 aromatic rings. The van der Waals surface area contributed by atoms with Gasteiger partial charge in [0.15, 0.2) is 5.60 Å². The molecule has 3 amide bonds. The molecule has 7 heteroatoms. The van der Waals surface area contributed by atoms with Crippen molar-refractivity contribution in [3.8, 4) is 0 Å². The molecule has 0 unspecified atom stereocenters. The Morgan fingerprint density at radius 1 is 1.22 bits per heavy atom. The van der Waals surface area contributed by atoms with Crippen LogP contribution in [-0.4, -0.2) is 51.9 Å². The molecule has 2 fully saturated rings. The number of furan rings is 1. The van der Waals surface area contributed by atoms with Gasteiger partial charge in [0.05, 0.1) is 11.8 Å². The van der Waals surface area contributed by atoms with Crippen LogP contribution in [0.3, 0.4) is 0 Å². The van der Waals surface area contributed by atoms with Crippen LogP contribution >= 0.6 is 0 Å². The summed E-state index contributed by atoms with van der Waals surface area (Å²) in [4.78, 5) is 39.9. The fraction of sp³-hybridized carbons (Fsp3) is 0.562. The molecule has 0 atom stereocenters. The Morgan fingerprint density at radius 2 is 1.87 bits per heavy atom. The molecule has 0 saturated carbocycles. The lowest BCUT2D eigenvalue weighted by Gasteiger charge is -2.36. The Morgan fingerprint density at radius 3 is 2.35 bits per heavy atom. The predicted octanol–water partition coefficient (Wildman–Crippen LogP) is 2.03. The van der Waals surface area contributed by atoms with Gasteiger partial charge in [-0.15, -0.1) is 0 Å². The lowest BCUT2D eigenvalue weighted by Crippen LogP contribution is -2.53. The first-order chi connectivity index (χ1) is 10.7. The maximum atomic E-state index is 12.7. The van der Waals surface area contributed by atoms with E-state index < -0.39 is 17.2 Å². The molecule has 124 valence electrons. The second-order valence-corrected chi connectivity index (χ2v) is 6.98. The van der Waals surface area contributed by atoms with Crippen molar-refractivity contribution in [3.63, 3.8) is 0 Å². The van der Waals surface area contributed by atoms with Crippen LogP contribution in [0.5, 0.6) is 0 Å². The van der Waals surface area contributed by atoms with Crippen molar-refractivity contribution in [1.82, 2.24) is 9.80 Å². The monoisotopic (exact) mass is 320 g/mol. The highest BCUT2D eigenvalue weighted by Crippen LogP contribution is 2.37. The molecule has 0 bridgehead atoms. The predicted molar refractivity (Wildman–Crippen MR) is 79.7 cm³/mol. The van der Waals surface area contributed by atoms with Gasteiger partial charge in [0.1, 0.15) is 6.26 Å².